The number of hydrogen-bond acceptors (Lipinski definition) is 3. The molecular weight excluding hydrogens is 270 g/mol. The van der Waals surface area contributed by atoms with E-state index in [0.29, 0.717) is 5.56 Å². The van der Waals surface area contributed by atoms with E-state index in [9.17, 15) is 9.59 Å². The molecule has 108 valence electrons. The molecule has 0 aliphatic rings. The van der Waals surface area contributed by atoms with Crippen LogP contribution in [0.3, 0.4) is 0 Å². The fraction of sp³-hybridized carbons (Fsp3) is 0.429. The van der Waals surface area contributed by atoms with Crippen molar-refractivity contribution in [3.63, 3.8) is 0 Å². The lowest BCUT2D eigenvalue weighted by molar-refractivity contribution is -0.150. The fourth-order valence-electron chi connectivity index (χ4n) is 1.90. The number of carbonyl (C=O) groups is 2. The van der Waals surface area contributed by atoms with Crippen molar-refractivity contribution in [2.75, 3.05) is 0 Å². The number of benzene rings is 1. The first-order valence-corrected chi connectivity index (χ1v) is 5.97. The lowest BCUT2D eigenvalue weighted by atomic mass is 9.83. The van der Waals surface area contributed by atoms with E-state index in [1.807, 2.05) is 20.8 Å². The summed E-state index contributed by atoms with van der Waals surface area (Å²) in [4.78, 5) is 22.1. The molecule has 1 aromatic carbocycles. The van der Waals surface area contributed by atoms with Crippen molar-refractivity contribution < 1.29 is 19.8 Å². The van der Waals surface area contributed by atoms with Crippen molar-refractivity contribution in [3.05, 3.63) is 34.9 Å². The van der Waals surface area contributed by atoms with Crippen molar-refractivity contribution in [1.29, 1.82) is 0 Å². The Hall–Kier alpha value is -1.11. The largest absolute Gasteiger partial charge is 0.480 e. The molecule has 5 nitrogen and oxygen atoms in total. The Bertz CT molecular complexity index is 494. The van der Waals surface area contributed by atoms with Gasteiger partial charge in [0.15, 0.2) is 5.92 Å². The van der Waals surface area contributed by atoms with Crippen molar-refractivity contribution in [2.45, 2.75) is 38.6 Å². The highest BCUT2D eigenvalue weighted by atomic mass is 24.3. The van der Waals surface area contributed by atoms with Gasteiger partial charge in [0.1, 0.15) is 0 Å². The van der Waals surface area contributed by atoms with Gasteiger partial charge < -0.3 is 15.9 Å². The lowest BCUT2D eigenvalue weighted by Crippen LogP contribution is -2.23. The number of carboxylic acid groups (broad SMARTS) is 2. The second-order valence-electron chi connectivity index (χ2n) is 5.48. The van der Waals surface area contributed by atoms with Crippen LogP contribution < -0.4 is 5.73 Å². The van der Waals surface area contributed by atoms with E-state index in [-0.39, 0.29) is 40.6 Å². The third-order valence-electron chi connectivity index (χ3n) is 3.03. The number of carboxylic acids is 2. The van der Waals surface area contributed by atoms with Gasteiger partial charge in [-0.3, -0.25) is 9.59 Å². The molecule has 0 spiro atoms. The van der Waals surface area contributed by atoms with Crippen LogP contribution in [0.5, 0.6) is 0 Å². The summed E-state index contributed by atoms with van der Waals surface area (Å²) in [6.07, 6.45) is 0. The van der Waals surface area contributed by atoms with E-state index in [1.165, 1.54) is 0 Å². The number of aliphatic carboxylic acids is 2. The summed E-state index contributed by atoms with van der Waals surface area (Å²) in [5.41, 5.74) is 7.30. The van der Waals surface area contributed by atoms with Gasteiger partial charge in [-0.1, -0.05) is 39.0 Å². The Morgan fingerprint density at radius 1 is 1.20 bits per heavy atom. The molecule has 0 atom stereocenters. The molecule has 1 aromatic rings. The van der Waals surface area contributed by atoms with Crippen LogP contribution in [0, 0.1) is 0 Å². The van der Waals surface area contributed by atoms with Crippen molar-refractivity contribution >= 4 is 35.0 Å². The summed E-state index contributed by atoms with van der Waals surface area (Å²) >= 11 is 0. The van der Waals surface area contributed by atoms with E-state index >= 15 is 0 Å². The predicted molar refractivity (Wildman–Crippen MR) is 79.6 cm³/mol. The van der Waals surface area contributed by atoms with E-state index in [4.69, 9.17) is 15.9 Å². The number of nitrogens with two attached hydrogens (primary N) is 1. The van der Waals surface area contributed by atoms with Crippen LogP contribution in [0.4, 0.5) is 0 Å². The second-order valence-corrected chi connectivity index (χ2v) is 5.48. The summed E-state index contributed by atoms with van der Waals surface area (Å²) in [7, 11) is 0. The topological polar surface area (TPSA) is 101 Å². The van der Waals surface area contributed by atoms with E-state index in [1.54, 1.807) is 18.2 Å². The third kappa shape index (κ3) is 4.19. The molecule has 0 aliphatic heterocycles. The molecule has 0 unspecified atom stereocenters. The summed E-state index contributed by atoms with van der Waals surface area (Å²) in [6.45, 7) is 6.17. The molecule has 0 fully saturated rings. The van der Waals surface area contributed by atoms with Crippen molar-refractivity contribution in [3.8, 4) is 0 Å². The maximum Gasteiger partial charge on any atom is 0.322 e. The molecule has 1 rings (SSSR count). The van der Waals surface area contributed by atoms with E-state index in [0.717, 1.165) is 5.56 Å². The van der Waals surface area contributed by atoms with Gasteiger partial charge in [0.05, 0.1) is 0 Å². The van der Waals surface area contributed by atoms with Gasteiger partial charge >= 0.3 is 35.0 Å². The maximum absolute atomic E-state index is 11.1. The standard InChI is InChI=1S/C14H19NO4.Mg.2H/c1-14(2,3)9-4-5-10(8(6-9)7-15)11(12(16)17)13(18)19;;;/h4-6,11H,7,15H2,1-3H3,(H,16,17)(H,18,19);;;. The Kier molecular flexibility index (Phi) is 6.66. The molecule has 0 aromatic heterocycles. The fourth-order valence-corrected chi connectivity index (χ4v) is 1.90. The summed E-state index contributed by atoms with van der Waals surface area (Å²) in [5, 5.41) is 18.0. The highest BCUT2D eigenvalue weighted by Crippen LogP contribution is 2.28. The van der Waals surface area contributed by atoms with Crippen LogP contribution >= 0.6 is 0 Å². The summed E-state index contributed by atoms with van der Waals surface area (Å²) in [6, 6.07) is 5.09. The van der Waals surface area contributed by atoms with E-state index < -0.39 is 17.9 Å². The van der Waals surface area contributed by atoms with Gasteiger partial charge in [-0.25, -0.2) is 0 Å². The van der Waals surface area contributed by atoms with Crippen molar-refractivity contribution in [2.24, 2.45) is 5.73 Å². The second kappa shape index (κ2) is 7.06. The van der Waals surface area contributed by atoms with Crippen LogP contribution in [-0.2, 0) is 21.5 Å². The molecule has 0 aliphatic carbocycles. The van der Waals surface area contributed by atoms with Crippen LogP contribution in [0.2, 0.25) is 0 Å². The van der Waals surface area contributed by atoms with Gasteiger partial charge in [0.25, 0.3) is 0 Å². The average molecular weight is 292 g/mol. The minimum absolute atomic E-state index is 0. The van der Waals surface area contributed by atoms with Gasteiger partial charge in [0.2, 0.25) is 0 Å². The average Bonchev–Trinajstić information content (AvgIpc) is 2.27. The molecule has 4 N–H and O–H groups in total. The van der Waals surface area contributed by atoms with Gasteiger partial charge in [-0.05, 0) is 22.1 Å². The Balaban J connectivity index is 0.00000361. The molecular formula is C14H21MgNO4. The van der Waals surface area contributed by atoms with Gasteiger partial charge in [0, 0.05) is 6.54 Å². The first-order chi connectivity index (χ1) is 8.68. The molecule has 0 amide bonds. The molecule has 0 radical (unpaired) electrons. The lowest BCUT2D eigenvalue weighted by Gasteiger charge is -2.22. The van der Waals surface area contributed by atoms with Crippen LogP contribution in [0.15, 0.2) is 18.2 Å². The number of rotatable bonds is 4. The Morgan fingerprint density at radius 2 is 1.70 bits per heavy atom. The maximum atomic E-state index is 11.1. The zero-order chi connectivity index (χ0) is 14.8. The van der Waals surface area contributed by atoms with Crippen molar-refractivity contribution in [1.82, 2.24) is 0 Å². The minimum Gasteiger partial charge on any atom is -0.480 e. The predicted octanol–water partition coefficient (Wildman–Crippen LogP) is 0.779. The SMILES string of the molecule is CC(C)(C)c1ccc(C(C(=O)O)C(=O)O)c(CN)c1.[MgH2]. The van der Waals surface area contributed by atoms with E-state index in [2.05, 4.69) is 0 Å². The third-order valence-corrected chi connectivity index (χ3v) is 3.03. The quantitative estimate of drug-likeness (QED) is 0.562. The van der Waals surface area contributed by atoms with Crippen LogP contribution in [0.1, 0.15) is 43.4 Å². The highest BCUT2D eigenvalue weighted by Gasteiger charge is 2.30. The van der Waals surface area contributed by atoms with Gasteiger partial charge in [-0.2, -0.15) is 0 Å². The Morgan fingerprint density at radius 3 is 2.05 bits per heavy atom. The van der Waals surface area contributed by atoms with Gasteiger partial charge in [-0.15, -0.1) is 0 Å². The normalized spacial score (nSPS) is 11.1. The Labute approximate surface area is 134 Å². The number of hydrogen-bond donors (Lipinski definition) is 3. The highest BCUT2D eigenvalue weighted by molar-refractivity contribution is 5.99. The first kappa shape index (κ1) is 18.9. The molecule has 6 heteroatoms. The first-order valence-electron chi connectivity index (χ1n) is 5.97. The zero-order valence-corrected chi connectivity index (χ0v) is 11.3. The molecule has 0 saturated heterocycles. The van der Waals surface area contributed by atoms with Crippen LogP contribution in [0.25, 0.3) is 0 Å². The summed E-state index contributed by atoms with van der Waals surface area (Å²) < 4.78 is 0. The monoisotopic (exact) mass is 291 g/mol. The summed E-state index contributed by atoms with van der Waals surface area (Å²) in [5.74, 6) is -4.34. The molecule has 20 heavy (non-hydrogen) atoms. The minimum atomic E-state index is -1.58. The zero-order valence-electron chi connectivity index (χ0n) is 11.3. The molecule has 0 bridgehead atoms. The smallest absolute Gasteiger partial charge is 0.322 e. The molecule has 0 heterocycles. The molecule has 0 saturated carbocycles. The van der Waals surface area contributed by atoms with Crippen LogP contribution in [-0.4, -0.2) is 45.2 Å².